The van der Waals surface area contributed by atoms with Crippen molar-refractivity contribution in [3.05, 3.63) is 83.9 Å². The molecule has 0 unspecified atom stereocenters. The van der Waals surface area contributed by atoms with E-state index >= 15 is 4.39 Å². The predicted molar refractivity (Wildman–Crippen MR) is 134 cm³/mol. The molecule has 192 valence electrons. The third kappa shape index (κ3) is 4.44. The number of primary sulfonamides is 1. The molecule has 0 atom stereocenters. The van der Waals surface area contributed by atoms with E-state index in [4.69, 9.17) is 15.4 Å². The minimum atomic E-state index is -4.08. The number of carbonyl (C=O) groups is 2. The normalized spacial score (nSPS) is 11.5. The van der Waals surface area contributed by atoms with Crippen LogP contribution < -0.4 is 16.2 Å². The fourth-order valence-corrected chi connectivity index (χ4v) is 4.61. The van der Waals surface area contributed by atoms with Crippen molar-refractivity contribution in [3.8, 4) is 16.8 Å². The Morgan fingerprint density at radius 2 is 1.82 bits per heavy atom. The summed E-state index contributed by atoms with van der Waals surface area (Å²) in [7, 11) is -4.08. The highest BCUT2D eigenvalue weighted by Gasteiger charge is 2.22. The number of carboxylic acid groups (broad SMARTS) is 1. The van der Waals surface area contributed by atoms with Gasteiger partial charge in [0.25, 0.3) is 5.91 Å². The number of benzene rings is 3. The number of amides is 1. The van der Waals surface area contributed by atoms with Gasteiger partial charge in [-0.25, -0.2) is 27.4 Å². The van der Waals surface area contributed by atoms with Crippen LogP contribution in [-0.2, 0) is 10.0 Å². The summed E-state index contributed by atoms with van der Waals surface area (Å²) in [6.45, 7) is 0. The Morgan fingerprint density at radius 1 is 1.05 bits per heavy atom. The molecule has 5 rings (SSSR count). The number of fused-ring (bicyclic) bond motifs is 1. The number of hydrogen-bond donors (Lipinski definition) is 4. The van der Waals surface area contributed by atoms with Crippen LogP contribution in [0, 0.1) is 5.82 Å². The molecule has 0 saturated heterocycles. The van der Waals surface area contributed by atoms with Crippen LogP contribution in [0.1, 0.15) is 21.0 Å². The first-order chi connectivity index (χ1) is 18.0. The minimum absolute atomic E-state index is 0.0876. The molecular weight excluding hydrogens is 519 g/mol. The molecule has 0 fully saturated rings. The minimum Gasteiger partial charge on any atom is -0.476 e. The lowest BCUT2D eigenvalue weighted by Gasteiger charge is -2.12. The molecule has 0 bridgehead atoms. The van der Waals surface area contributed by atoms with Gasteiger partial charge in [0.15, 0.2) is 17.1 Å². The van der Waals surface area contributed by atoms with Crippen LogP contribution >= 0.6 is 0 Å². The van der Waals surface area contributed by atoms with E-state index in [1.54, 1.807) is 6.07 Å². The number of anilines is 2. The number of carbonyl (C=O) groups excluding carboxylic acids is 1. The summed E-state index contributed by atoms with van der Waals surface area (Å²) >= 11 is 0. The second kappa shape index (κ2) is 9.10. The molecule has 3 aromatic carbocycles. The van der Waals surface area contributed by atoms with Crippen molar-refractivity contribution in [1.82, 2.24) is 14.9 Å². The molecule has 0 radical (unpaired) electrons. The van der Waals surface area contributed by atoms with Gasteiger partial charge in [-0.15, -0.1) is 0 Å². The van der Waals surface area contributed by atoms with Crippen molar-refractivity contribution >= 4 is 44.4 Å². The van der Waals surface area contributed by atoms with Crippen LogP contribution in [0.3, 0.4) is 0 Å². The summed E-state index contributed by atoms with van der Waals surface area (Å²) in [6.07, 6.45) is 0. The average Bonchev–Trinajstić information content (AvgIpc) is 3.49. The number of nitrogens with two attached hydrogens (primary N) is 2. The Labute approximate surface area is 213 Å². The molecule has 1 amide bonds. The predicted octanol–water partition coefficient (Wildman–Crippen LogP) is 3.00. The first-order valence-corrected chi connectivity index (χ1v) is 12.3. The molecular formula is C24H17FN6O6S. The Morgan fingerprint density at radius 3 is 2.53 bits per heavy atom. The van der Waals surface area contributed by atoms with Crippen LogP contribution in [0.5, 0.6) is 0 Å². The number of halogens is 1. The second-order valence-corrected chi connectivity index (χ2v) is 9.60. The number of hydrogen-bond acceptors (Lipinski definition) is 8. The number of aromatic carboxylic acids is 1. The van der Waals surface area contributed by atoms with E-state index in [0.717, 1.165) is 16.8 Å². The molecule has 0 aliphatic carbocycles. The van der Waals surface area contributed by atoms with Gasteiger partial charge in [0.05, 0.1) is 21.7 Å². The molecule has 5 aromatic rings. The van der Waals surface area contributed by atoms with Crippen LogP contribution in [-0.4, -0.2) is 40.3 Å². The number of rotatable bonds is 6. The zero-order chi connectivity index (χ0) is 27.2. The van der Waals surface area contributed by atoms with Crippen molar-refractivity contribution in [3.63, 3.8) is 0 Å². The van der Waals surface area contributed by atoms with Gasteiger partial charge in [0.2, 0.25) is 10.0 Å². The van der Waals surface area contributed by atoms with Gasteiger partial charge >= 0.3 is 5.97 Å². The second-order valence-electron chi connectivity index (χ2n) is 8.07. The largest absolute Gasteiger partial charge is 0.476 e. The Hall–Kier alpha value is -5.08. The first-order valence-electron chi connectivity index (χ1n) is 10.7. The van der Waals surface area contributed by atoms with Crippen molar-refractivity contribution < 1.29 is 32.0 Å². The maximum Gasteiger partial charge on any atom is 0.356 e. The van der Waals surface area contributed by atoms with Gasteiger partial charge in [-0.3, -0.25) is 4.79 Å². The van der Waals surface area contributed by atoms with E-state index in [1.165, 1.54) is 48.5 Å². The highest BCUT2D eigenvalue weighted by Crippen LogP contribution is 2.30. The van der Waals surface area contributed by atoms with Crippen LogP contribution in [0.25, 0.3) is 27.8 Å². The highest BCUT2D eigenvalue weighted by atomic mass is 32.2. The zero-order valence-corrected chi connectivity index (χ0v) is 19.9. The van der Waals surface area contributed by atoms with Gasteiger partial charge in [-0.2, -0.15) is 5.10 Å². The van der Waals surface area contributed by atoms with E-state index in [9.17, 15) is 23.1 Å². The summed E-state index contributed by atoms with van der Waals surface area (Å²) in [5.41, 5.74) is 5.95. The number of aromatic nitrogens is 3. The van der Waals surface area contributed by atoms with E-state index in [0.29, 0.717) is 11.0 Å². The summed E-state index contributed by atoms with van der Waals surface area (Å²) < 4.78 is 45.0. The van der Waals surface area contributed by atoms with E-state index in [1.807, 2.05) is 0 Å². The maximum absolute atomic E-state index is 15.0. The molecule has 6 N–H and O–H groups in total. The number of sulfonamides is 1. The van der Waals surface area contributed by atoms with Gasteiger partial charge in [0.1, 0.15) is 11.5 Å². The quantitative estimate of drug-likeness (QED) is 0.252. The molecule has 0 aliphatic rings. The van der Waals surface area contributed by atoms with Crippen molar-refractivity contribution in [2.75, 3.05) is 11.1 Å². The van der Waals surface area contributed by atoms with Gasteiger partial charge in [0, 0.05) is 11.6 Å². The van der Waals surface area contributed by atoms with Crippen LogP contribution in [0.15, 0.2) is 76.1 Å². The number of nitrogens with zero attached hydrogens (tertiary/aromatic N) is 3. The number of carboxylic acids is 1. The lowest BCUT2D eigenvalue weighted by molar-refractivity contribution is 0.0689. The molecule has 0 spiro atoms. The number of nitrogens with one attached hydrogen (secondary N) is 1. The maximum atomic E-state index is 15.0. The lowest BCUT2D eigenvalue weighted by atomic mass is 10.0. The molecule has 0 saturated carbocycles. The fourth-order valence-electron chi connectivity index (χ4n) is 3.84. The molecule has 12 nitrogen and oxygen atoms in total. The van der Waals surface area contributed by atoms with Crippen molar-refractivity contribution in [2.24, 2.45) is 5.14 Å². The third-order valence-electron chi connectivity index (χ3n) is 5.61. The number of nitrogen functional groups attached to an aromatic ring is 1. The summed E-state index contributed by atoms with van der Waals surface area (Å²) in [5.74, 6) is -3.03. The van der Waals surface area contributed by atoms with Crippen LogP contribution in [0.4, 0.5) is 15.9 Å². The van der Waals surface area contributed by atoms with Gasteiger partial charge < -0.3 is 20.7 Å². The standard InChI is InChI=1S/C24H17FN6O6S/c25-16-9-12(14-3-1-2-4-21(14)38(27,35)36)5-7-17(16)28-23(32)19-11-18(24(33)34)29-31(19)13-6-8-20-15(10-13)22(26)30-37-20/h1-11H,(H2,26,30)(H,28,32)(H,33,34)(H2,27,35,36). The summed E-state index contributed by atoms with van der Waals surface area (Å²) in [6, 6.07) is 15.1. The fraction of sp³-hybridized carbons (Fsp3) is 0. The molecule has 0 aliphatic heterocycles. The zero-order valence-electron chi connectivity index (χ0n) is 19.1. The first kappa shape index (κ1) is 24.6. The van der Waals surface area contributed by atoms with E-state index in [-0.39, 0.29) is 38.9 Å². The smallest absolute Gasteiger partial charge is 0.356 e. The van der Waals surface area contributed by atoms with Crippen molar-refractivity contribution in [1.29, 1.82) is 0 Å². The molecule has 2 heterocycles. The lowest BCUT2D eigenvalue weighted by Crippen LogP contribution is -2.17. The molecule has 38 heavy (non-hydrogen) atoms. The Kier molecular flexibility index (Phi) is 5.89. The Bertz CT molecular complexity index is 1860. The highest BCUT2D eigenvalue weighted by molar-refractivity contribution is 7.89. The molecule has 2 aromatic heterocycles. The third-order valence-corrected chi connectivity index (χ3v) is 6.58. The average molecular weight is 537 g/mol. The van der Waals surface area contributed by atoms with Gasteiger partial charge in [-0.05, 0) is 42.0 Å². The SMILES string of the molecule is Nc1noc2ccc(-n3nc(C(=O)O)cc3C(=O)Nc3ccc(-c4ccccc4S(N)(=O)=O)cc3F)cc12. The monoisotopic (exact) mass is 536 g/mol. The van der Waals surface area contributed by atoms with Crippen molar-refractivity contribution in [2.45, 2.75) is 4.90 Å². The molecule has 14 heteroatoms. The van der Waals surface area contributed by atoms with Gasteiger partial charge in [-0.1, -0.05) is 29.4 Å². The summed E-state index contributed by atoms with van der Waals surface area (Å²) in [5, 5.41) is 25.1. The van der Waals surface area contributed by atoms with E-state index in [2.05, 4.69) is 15.6 Å². The topological polar surface area (TPSA) is 196 Å². The van der Waals surface area contributed by atoms with E-state index < -0.39 is 33.4 Å². The Balaban J connectivity index is 1.50. The van der Waals surface area contributed by atoms with Crippen LogP contribution in [0.2, 0.25) is 0 Å². The summed E-state index contributed by atoms with van der Waals surface area (Å²) in [4.78, 5) is 24.5.